The van der Waals surface area contributed by atoms with Crippen LogP contribution < -0.4 is 4.90 Å². The number of halogens is 11. The number of rotatable bonds is 4. The molecular weight excluding hydrogens is 543 g/mol. The zero-order valence-electron chi connectivity index (χ0n) is 19.7. The van der Waals surface area contributed by atoms with Crippen LogP contribution in [0, 0.1) is 0 Å². The molecule has 1 aliphatic heterocycles. The molecule has 3 nitrogen and oxygen atoms in total. The highest BCUT2D eigenvalue weighted by Gasteiger charge is 2.51. The minimum atomic E-state index is -5.42. The SMILES string of the molecule is CCOC(=O)N1c2ccc(C(F)(F)F)cc2[C@H](C(F)(F)c2cc(C(F)(F)F)cc(C(F)(F)F)c2)C[C@@H]1CC. The van der Waals surface area contributed by atoms with E-state index in [0.717, 1.165) is 11.0 Å². The average molecular weight is 563 g/mol. The van der Waals surface area contributed by atoms with E-state index in [0.29, 0.717) is 12.1 Å². The third-order valence-electron chi connectivity index (χ3n) is 6.21. The molecule has 210 valence electrons. The van der Waals surface area contributed by atoms with Gasteiger partial charge in [-0.25, -0.2) is 13.6 Å². The van der Waals surface area contributed by atoms with E-state index in [-0.39, 0.29) is 31.2 Å². The fourth-order valence-electron chi connectivity index (χ4n) is 4.41. The number of alkyl halides is 11. The summed E-state index contributed by atoms with van der Waals surface area (Å²) in [7, 11) is 0. The van der Waals surface area contributed by atoms with Gasteiger partial charge in [0.25, 0.3) is 5.92 Å². The van der Waals surface area contributed by atoms with Crippen molar-refractivity contribution >= 4 is 11.8 Å². The molecule has 0 radical (unpaired) electrons. The van der Waals surface area contributed by atoms with Gasteiger partial charge < -0.3 is 4.74 Å². The van der Waals surface area contributed by atoms with Crippen LogP contribution in [-0.4, -0.2) is 18.7 Å². The first-order valence-electron chi connectivity index (χ1n) is 11.2. The van der Waals surface area contributed by atoms with Crippen LogP contribution in [0.1, 0.15) is 60.4 Å². The topological polar surface area (TPSA) is 29.5 Å². The lowest BCUT2D eigenvalue weighted by atomic mass is 9.77. The van der Waals surface area contributed by atoms with E-state index in [9.17, 15) is 44.3 Å². The van der Waals surface area contributed by atoms with Gasteiger partial charge >= 0.3 is 24.6 Å². The molecule has 2 atom stereocenters. The van der Waals surface area contributed by atoms with Gasteiger partial charge in [-0.05, 0) is 61.7 Å². The Hall–Kier alpha value is -3.06. The molecule has 0 N–H and O–H groups in total. The Morgan fingerprint density at radius 3 is 1.74 bits per heavy atom. The van der Waals surface area contributed by atoms with Crippen molar-refractivity contribution in [1.82, 2.24) is 0 Å². The van der Waals surface area contributed by atoms with Crippen LogP contribution in [0.3, 0.4) is 0 Å². The minimum absolute atomic E-state index is 0.0255. The van der Waals surface area contributed by atoms with Gasteiger partial charge in [0.1, 0.15) is 0 Å². The number of nitrogens with zero attached hydrogens (tertiary/aromatic N) is 1. The average Bonchev–Trinajstić information content (AvgIpc) is 2.80. The summed E-state index contributed by atoms with van der Waals surface area (Å²) in [5.41, 5.74) is -8.25. The third kappa shape index (κ3) is 5.68. The van der Waals surface area contributed by atoms with Crippen LogP contribution in [0.15, 0.2) is 36.4 Å². The largest absolute Gasteiger partial charge is 0.449 e. The maximum atomic E-state index is 15.9. The van der Waals surface area contributed by atoms with Gasteiger partial charge in [0.2, 0.25) is 0 Å². The van der Waals surface area contributed by atoms with E-state index in [1.165, 1.54) is 13.8 Å². The third-order valence-corrected chi connectivity index (χ3v) is 6.21. The number of hydrogen-bond donors (Lipinski definition) is 0. The molecule has 1 amide bonds. The molecule has 0 aliphatic carbocycles. The Morgan fingerprint density at radius 1 is 0.789 bits per heavy atom. The molecule has 0 fully saturated rings. The van der Waals surface area contributed by atoms with Crippen LogP contribution >= 0.6 is 0 Å². The lowest BCUT2D eigenvalue weighted by Crippen LogP contribution is -2.47. The van der Waals surface area contributed by atoms with Crippen molar-refractivity contribution in [2.75, 3.05) is 11.5 Å². The van der Waals surface area contributed by atoms with E-state index in [1.54, 1.807) is 0 Å². The second-order valence-corrected chi connectivity index (χ2v) is 8.61. The van der Waals surface area contributed by atoms with Crippen LogP contribution in [0.4, 0.5) is 58.8 Å². The minimum Gasteiger partial charge on any atom is -0.449 e. The number of carbonyl (C=O) groups excluding carboxylic acids is 1. The lowest BCUT2D eigenvalue weighted by molar-refractivity contribution is -0.144. The molecular formula is C24H20F11NO2. The van der Waals surface area contributed by atoms with Crippen molar-refractivity contribution in [3.63, 3.8) is 0 Å². The zero-order chi connectivity index (χ0) is 28.8. The summed E-state index contributed by atoms with van der Waals surface area (Å²) < 4.78 is 157. The highest BCUT2D eigenvalue weighted by Crippen LogP contribution is 2.53. The van der Waals surface area contributed by atoms with Crippen molar-refractivity contribution < 1.29 is 57.8 Å². The van der Waals surface area contributed by atoms with Gasteiger partial charge in [-0.3, -0.25) is 4.90 Å². The molecule has 0 saturated carbocycles. The van der Waals surface area contributed by atoms with Crippen molar-refractivity contribution in [2.45, 2.75) is 63.1 Å². The molecule has 0 spiro atoms. The quantitative estimate of drug-likeness (QED) is 0.348. The van der Waals surface area contributed by atoms with Crippen LogP contribution in [0.5, 0.6) is 0 Å². The first-order chi connectivity index (χ1) is 17.3. The van der Waals surface area contributed by atoms with Crippen molar-refractivity contribution in [2.24, 2.45) is 0 Å². The number of fused-ring (bicyclic) bond motifs is 1. The summed E-state index contributed by atoms with van der Waals surface area (Å²) in [6, 6.07) is -0.125. The van der Waals surface area contributed by atoms with Crippen molar-refractivity contribution in [3.05, 3.63) is 64.2 Å². The lowest BCUT2D eigenvalue weighted by Gasteiger charge is -2.42. The molecule has 2 aromatic carbocycles. The van der Waals surface area contributed by atoms with E-state index in [2.05, 4.69) is 0 Å². The van der Waals surface area contributed by atoms with Gasteiger partial charge in [-0.15, -0.1) is 0 Å². The Balaban J connectivity index is 2.29. The summed E-state index contributed by atoms with van der Waals surface area (Å²) in [5.74, 6) is -6.81. The number of anilines is 1. The van der Waals surface area contributed by atoms with Crippen molar-refractivity contribution in [1.29, 1.82) is 0 Å². The predicted octanol–water partition coefficient (Wildman–Crippen LogP) is 8.76. The molecule has 2 aromatic rings. The maximum Gasteiger partial charge on any atom is 0.416 e. The molecule has 14 heteroatoms. The van der Waals surface area contributed by atoms with E-state index < -0.39 is 82.4 Å². The van der Waals surface area contributed by atoms with Crippen molar-refractivity contribution in [3.8, 4) is 0 Å². The van der Waals surface area contributed by atoms with Crippen LogP contribution in [0.2, 0.25) is 0 Å². The Labute approximate surface area is 209 Å². The zero-order valence-corrected chi connectivity index (χ0v) is 19.7. The molecule has 1 heterocycles. The number of benzene rings is 2. The standard InChI is InChI=1S/C24H20F11NO2/c1-3-16-11-18(17-10-12(22(27,28)29)5-6-19(17)36(16)20(37)38-4-2)21(25,26)13-7-14(23(30,31)32)9-15(8-13)24(33,34)35/h5-10,16,18H,3-4,11H2,1-2H3/t16-,18+/m0/s1. The van der Waals surface area contributed by atoms with E-state index >= 15 is 8.78 Å². The van der Waals surface area contributed by atoms with E-state index in [1.807, 2.05) is 0 Å². The highest BCUT2D eigenvalue weighted by atomic mass is 19.4. The number of carbonyl (C=O) groups is 1. The second-order valence-electron chi connectivity index (χ2n) is 8.61. The Morgan fingerprint density at radius 2 is 1.29 bits per heavy atom. The molecule has 0 unspecified atom stereocenters. The predicted molar refractivity (Wildman–Crippen MR) is 113 cm³/mol. The summed E-state index contributed by atoms with van der Waals surface area (Å²) in [6.45, 7) is 2.73. The number of amides is 1. The van der Waals surface area contributed by atoms with Gasteiger partial charge in [-0.1, -0.05) is 6.92 Å². The van der Waals surface area contributed by atoms with Gasteiger partial charge in [-0.2, -0.15) is 39.5 Å². The normalized spacial score (nSPS) is 18.8. The smallest absolute Gasteiger partial charge is 0.416 e. The van der Waals surface area contributed by atoms with Gasteiger partial charge in [0.15, 0.2) is 0 Å². The summed E-state index contributed by atoms with van der Waals surface area (Å²) in [5, 5.41) is 0. The Kier molecular flexibility index (Phi) is 7.70. The fourth-order valence-corrected chi connectivity index (χ4v) is 4.41. The number of ether oxygens (including phenoxy) is 1. The number of hydrogen-bond acceptors (Lipinski definition) is 2. The van der Waals surface area contributed by atoms with Gasteiger partial charge in [0.05, 0.1) is 34.9 Å². The summed E-state index contributed by atoms with van der Waals surface area (Å²) in [6.07, 6.45) is -17.7. The van der Waals surface area contributed by atoms with E-state index in [4.69, 9.17) is 4.74 Å². The second kappa shape index (κ2) is 9.92. The maximum absolute atomic E-state index is 15.9. The summed E-state index contributed by atoms with van der Waals surface area (Å²) >= 11 is 0. The molecule has 38 heavy (non-hydrogen) atoms. The molecule has 0 bridgehead atoms. The first kappa shape index (κ1) is 29.5. The highest BCUT2D eigenvalue weighted by molar-refractivity contribution is 5.90. The summed E-state index contributed by atoms with van der Waals surface area (Å²) in [4.78, 5) is 13.5. The molecule has 0 aromatic heterocycles. The Bertz CT molecular complexity index is 1150. The van der Waals surface area contributed by atoms with Crippen LogP contribution in [0.25, 0.3) is 0 Å². The van der Waals surface area contributed by atoms with Gasteiger partial charge in [0, 0.05) is 11.6 Å². The monoisotopic (exact) mass is 563 g/mol. The van der Waals surface area contributed by atoms with Crippen LogP contribution in [-0.2, 0) is 29.2 Å². The fraction of sp³-hybridized carbons (Fsp3) is 0.458. The first-order valence-corrected chi connectivity index (χ1v) is 11.2. The molecule has 1 aliphatic rings. The molecule has 3 rings (SSSR count). The molecule has 0 saturated heterocycles.